The van der Waals surface area contributed by atoms with Crippen molar-refractivity contribution >= 4 is 16.9 Å². The third-order valence-corrected chi connectivity index (χ3v) is 3.87. The smallest absolute Gasteiger partial charge is 0.357 e. The summed E-state index contributed by atoms with van der Waals surface area (Å²) in [5.74, 6) is -3.11. The normalized spacial score (nSPS) is 11.6. The Labute approximate surface area is 160 Å². The summed E-state index contributed by atoms with van der Waals surface area (Å²) < 4.78 is 37.7. The highest BCUT2D eigenvalue weighted by atomic mass is 19.3. The van der Waals surface area contributed by atoms with Crippen molar-refractivity contribution in [3.63, 3.8) is 0 Å². The summed E-state index contributed by atoms with van der Waals surface area (Å²) in [6, 6.07) is 3.45. The van der Waals surface area contributed by atoms with Crippen molar-refractivity contribution in [2.24, 2.45) is 0 Å². The SMILES string of the molecule is CCOC(=O)c1nccc2nn(Cc3cc(C)c(OCC(C)(F)F)cn3)cc12. The van der Waals surface area contributed by atoms with Crippen LogP contribution in [-0.4, -0.2) is 44.9 Å². The van der Waals surface area contributed by atoms with Crippen LogP contribution in [0.4, 0.5) is 8.78 Å². The van der Waals surface area contributed by atoms with Crippen LogP contribution in [0.15, 0.2) is 30.7 Å². The van der Waals surface area contributed by atoms with E-state index in [1.807, 2.05) is 0 Å². The second kappa shape index (κ2) is 7.87. The van der Waals surface area contributed by atoms with Gasteiger partial charge in [0, 0.05) is 19.3 Å². The lowest BCUT2D eigenvalue weighted by atomic mass is 10.2. The van der Waals surface area contributed by atoms with E-state index in [0.29, 0.717) is 34.5 Å². The zero-order chi connectivity index (χ0) is 20.3. The number of carbonyl (C=O) groups excluding carboxylic acids is 1. The molecule has 0 spiro atoms. The van der Waals surface area contributed by atoms with Crippen molar-refractivity contribution in [2.45, 2.75) is 33.2 Å². The molecule has 0 saturated heterocycles. The van der Waals surface area contributed by atoms with Crippen molar-refractivity contribution in [1.29, 1.82) is 0 Å². The zero-order valence-corrected chi connectivity index (χ0v) is 15.8. The maximum atomic E-state index is 13.0. The molecule has 0 amide bonds. The standard InChI is InChI=1S/C19H20F2N4O3/c1-4-27-18(26)17-14-10-25(24-15(14)5-6-22-17)9-13-7-12(2)16(8-23-13)28-11-19(3,20)21/h5-8,10H,4,9,11H2,1-3H3. The monoisotopic (exact) mass is 390 g/mol. The molecular formula is C19H20F2N4O3. The van der Waals surface area contributed by atoms with Gasteiger partial charge in [0.15, 0.2) is 12.3 Å². The molecule has 3 aromatic heterocycles. The average Bonchev–Trinajstić information content (AvgIpc) is 3.02. The molecule has 28 heavy (non-hydrogen) atoms. The van der Waals surface area contributed by atoms with Crippen molar-refractivity contribution in [2.75, 3.05) is 13.2 Å². The molecule has 0 bridgehead atoms. The van der Waals surface area contributed by atoms with Crippen molar-refractivity contribution < 1.29 is 23.0 Å². The Balaban J connectivity index is 1.80. The molecule has 3 rings (SSSR count). The van der Waals surface area contributed by atoms with Crippen molar-refractivity contribution in [1.82, 2.24) is 19.7 Å². The van der Waals surface area contributed by atoms with Gasteiger partial charge in [-0.2, -0.15) is 5.10 Å². The summed E-state index contributed by atoms with van der Waals surface area (Å²) in [4.78, 5) is 20.4. The minimum absolute atomic E-state index is 0.207. The maximum absolute atomic E-state index is 13.0. The van der Waals surface area contributed by atoms with Gasteiger partial charge in [-0.1, -0.05) is 0 Å². The highest BCUT2D eigenvalue weighted by Crippen LogP contribution is 2.21. The Bertz CT molecular complexity index is 998. The number of halogens is 2. The quantitative estimate of drug-likeness (QED) is 0.576. The van der Waals surface area contributed by atoms with E-state index in [1.165, 1.54) is 12.4 Å². The van der Waals surface area contributed by atoms with E-state index in [4.69, 9.17) is 9.47 Å². The van der Waals surface area contributed by atoms with Crippen LogP contribution in [0.3, 0.4) is 0 Å². The minimum Gasteiger partial charge on any atom is -0.485 e. The van der Waals surface area contributed by atoms with Gasteiger partial charge in [0.1, 0.15) is 5.75 Å². The Morgan fingerprint density at radius 2 is 2.11 bits per heavy atom. The zero-order valence-electron chi connectivity index (χ0n) is 15.8. The molecule has 0 aliphatic rings. The second-order valence-electron chi connectivity index (χ2n) is 6.44. The third-order valence-electron chi connectivity index (χ3n) is 3.87. The highest BCUT2D eigenvalue weighted by molar-refractivity contribution is 6.01. The fourth-order valence-electron chi connectivity index (χ4n) is 2.65. The summed E-state index contributed by atoms with van der Waals surface area (Å²) in [6.45, 7) is 4.17. The summed E-state index contributed by atoms with van der Waals surface area (Å²) in [5, 5.41) is 5.02. The number of aryl methyl sites for hydroxylation is 1. The molecule has 0 saturated carbocycles. The van der Waals surface area contributed by atoms with Crippen LogP contribution in [0, 0.1) is 6.92 Å². The summed E-state index contributed by atoms with van der Waals surface area (Å²) in [6.07, 6.45) is 4.63. The highest BCUT2D eigenvalue weighted by Gasteiger charge is 2.22. The Kier molecular flexibility index (Phi) is 5.53. The van der Waals surface area contributed by atoms with Crippen LogP contribution in [0.2, 0.25) is 0 Å². The van der Waals surface area contributed by atoms with E-state index in [2.05, 4.69) is 15.1 Å². The van der Waals surface area contributed by atoms with Gasteiger partial charge in [0.05, 0.1) is 35.9 Å². The summed E-state index contributed by atoms with van der Waals surface area (Å²) in [7, 11) is 0. The van der Waals surface area contributed by atoms with Crippen LogP contribution >= 0.6 is 0 Å². The van der Waals surface area contributed by atoms with Gasteiger partial charge in [0.25, 0.3) is 5.92 Å². The molecule has 3 heterocycles. The molecular weight excluding hydrogens is 370 g/mol. The van der Waals surface area contributed by atoms with E-state index in [-0.39, 0.29) is 12.3 Å². The molecule has 9 heteroatoms. The topological polar surface area (TPSA) is 79.1 Å². The summed E-state index contributed by atoms with van der Waals surface area (Å²) >= 11 is 0. The van der Waals surface area contributed by atoms with E-state index < -0.39 is 18.5 Å². The van der Waals surface area contributed by atoms with Gasteiger partial charge in [-0.3, -0.25) is 9.67 Å². The van der Waals surface area contributed by atoms with E-state index in [1.54, 1.807) is 36.9 Å². The number of alkyl halides is 2. The van der Waals surface area contributed by atoms with Crippen LogP contribution in [-0.2, 0) is 11.3 Å². The van der Waals surface area contributed by atoms with E-state index >= 15 is 0 Å². The number of ether oxygens (including phenoxy) is 2. The number of hydrogen-bond donors (Lipinski definition) is 0. The number of aromatic nitrogens is 4. The Morgan fingerprint density at radius 1 is 1.32 bits per heavy atom. The number of nitrogens with zero attached hydrogens (tertiary/aromatic N) is 4. The molecule has 0 radical (unpaired) electrons. The number of carbonyl (C=O) groups is 1. The van der Waals surface area contributed by atoms with Crippen molar-refractivity contribution in [3.05, 3.63) is 47.7 Å². The molecule has 3 aromatic rings. The first-order valence-corrected chi connectivity index (χ1v) is 8.72. The fourth-order valence-corrected chi connectivity index (χ4v) is 2.65. The third kappa shape index (κ3) is 4.59. The molecule has 0 aliphatic carbocycles. The lowest BCUT2D eigenvalue weighted by Gasteiger charge is -2.14. The van der Waals surface area contributed by atoms with Gasteiger partial charge >= 0.3 is 5.97 Å². The van der Waals surface area contributed by atoms with Gasteiger partial charge < -0.3 is 9.47 Å². The first kappa shape index (κ1) is 19.7. The van der Waals surface area contributed by atoms with Gasteiger partial charge in [-0.15, -0.1) is 0 Å². The molecule has 7 nitrogen and oxygen atoms in total. The fraction of sp³-hybridized carbons (Fsp3) is 0.368. The lowest BCUT2D eigenvalue weighted by molar-refractivity contribution is -0.0232. The average molecular weight is 390 g/mol. The maximum Gasteiger partial charge on any atom is 0.357 e. The first-order valence-electron chi connectivity index (χ1n) is 8.72. The van der Waals surface area contributed by atoms with Crippen LogP contribution in [0.5, 0.6) is 5.75 Å². The number of hydrogen-bond acceptors (Lipinski definition) is 6. The van der Waals surface area contributed by atoms with Crippen molar-refractivity contribution in [3.8, 4) is 5.75 Å². The Hall–Kier alpha value is -3.10. The van der Waals surface area contributed by atoms with Crippen LogP contribution in [0.1, 0.15) is 35.6 Å². The molecule has 148 valence electrons. The van der Waals surface area contributed by atoms with Gasteiger partial charge in [-0.05, 0) is 31.5 Å². The van der Waals surface area contributed by atoms with E-state index in [0.717, 1.165) is 6.92 Å². The predicted molar refractivity (Wildman–Crippen MR) is 97.7 cm³/mol. The lowest BCUT2D eigenvalue weighted by Crippen LogP contribution is -2.21. The molecule has 0 aliphatic heterocycles. The minimum atomic E-state index is -2.91. The number of rotatable bonds is 7. The van der Waals surface area contributed by atoms with Gasteiger partial charge in [-0.25, -0.2) is 18.6 Å². The molecule has 0 unspecified atom stereocenters. The summed E-state index contributed by atoms with van der Waals surface area (Å²) in [5.41, 5.74) is 2.19. The Morgan fingerprint density at radius 3 is 2.79 bits per heavy atom. The largest absolute Gasteiger partial charge is 0.485 e. The molecule has 0 atom stereocenters. The van der Waals surface area contributed by atoms with Crippen LogP contribution in [0.25, 0.3) is 10.9 Å². The van der Waals surface area contributed by atoms with E-state index in [9.17, 15) is 13.6 Å². The number of esters is 1. The molecule has 0 fully saturated rings. The van der Waals surface area contributed by atoms with Crippen LogP contribution < -0.4 is 4.74 Å². The first-order chi connectivity index (χ1) is 13.3. The predicted octanol–water partition coefficient (Wildman–Crippen LogP) is 3.39. The number of pyridine rings is 2. The number of fused-ring (bicyclic) bond motifs is 1. The van der Waals surface area contributed by atoms with Gasteiger partial charge in [0.2, 0.25) is 0 Å². The second-order valence-corrected chi connectivity index (χ2v) is 6.44. The molecule has 0 N–H and O–H groups in total. The molecule has 0 aromatic carbocycles.